The molecule has 2 nitrogen and oxygen atoms in total. The van der Waals surface area contributed by atoms with Gasteiger partial charge >= 0.3 is 5.97 Å². The van der Waals surface area contributed by atoms with Gasteiger partial charge in [0.15, 0.2) is 0 Å². The van der Waals surface area contributed by atoms with Crippen LogP contribution < -0.4 is 4.74 Å². The fourth-order valence-electron chi connectivity index (χ4n) is 3.50. The van der Waals surface area contributed by atoms with Crippen LogP contribution in [0.15, 0.2) is 30.8 Å². The summed E-state index contributed by atoms with van der Waals surface area (Å²) < 4.78 is 5.36. The van der Waals surface area contributed by atoms with Gasteiger partial charge in [-0.05, 0) is 24.1 Å². The second-order valence-corrected chi connectivity index (χ2v) is 7.95. The standard InChI is InChI=1S/C26H42O2/c1-3-5-6-7-8-9-10-11-12-13-14-15-16-17-18-19-26(27)28-25-22-20-24(4-2)21-23-25/h4,20-23H,2-3,5-19H2,1H3. The first-order valence-electron chi connectivity index (χ1n) is 11.7. The Bertz CT molecular complexity index is 504. The molecule has 0 unspecified atom stereocenters. The van der Waals surface area contributed by atoms with E-state index in [1.165, 1.54) is 83.5 Å². The molecular weight excluding hydrogens is 344 g/mol. The molecule has 0 saturated carbocycles. The molecule has 0 N–H and O–H groups in total. The summed E-state index contributed by atoms with van der Waals surface area (Å²) in [5, 5.41) is 0. The Morgan fingerprint density at radius 1 is 0.750 bits per heavy atom. The summed E-state index contributed by atoms with van der Waals surface area (Å²) in [5.41, 5.74) is 1.03. The van der Waals surface area contributed by atoms with Crippen molar-refractivity contribution < 1.29 is 9.53 Å². The highest BCUT2D eigenvalue weighted by atomic mass is 16.5. The Balaban J connectivity index is 1.84. The predicted octanol–water partition coefficient (Wildman–Crippen LogP) is 8.50. The molecule has 0 amide bonds. The molecule has 0 heterocycles. The average molecular weight is 387 g/mol. The summed E-state index contributed by atoms with van der Waals surface area (Å²) in [6.07, 6.45) is 22.3. The molecule has 0 bridgehead atoms. The summed E-state index contributed by atoms with van der Waals surface area (Å²) in [5.74, 6) is 0.498. The Labute approximate surface area is 173 Å². The number of benzene rings is 1. The molecule has 0 aliphatic rings. The zero-order valence-electron chi connectivity index (χ0n) is 18.2. The van der Waals surface area contributed by atoms with Crippen molar-refractivity contribution in [3.63, 3.8) is 0 Å². The van der Waals surface area contributed by atoms with Crippen LogP contribution >= 0.6 is 0 Å². The van der Waals surface area contributed by atoms with E-state index in [0.29, 0.717) is 12.2 Å². The number of unbranched alkanes of at least 4 members (excludes halogenated alkanes) is 14. The number of rotatable bonds is 18. The van der Waals surface area contributed by atoms with Crippen LogP contribution in [-0.4, -0.2) is 5.97 Å². The van der Waals surface area contributed by atoms with E-state index < -0.39 is 0 Å². The first-order chi connectivity index (χ1) is 13.8. The molecule has 0 radical (unpaired) electrons. The summed E-state index contributed by atoms with van der Waals surface area (Å²) in [4.78, 5) is 11.9. The number of ether oxygens (including phenoxy) is 1. The highest BCUT2D eigenvalue weighted by Gasteiger charge is 2.04. The van der Waals surface area contributed by atoms with Crippen molar-refractivity contribution in [2.45, 2.75) is 110 Å². The van der Waals surface area contributed by atoms with Crippen molar-refractivity contribution in [2.75, 3.05) is 0 Å². The maximum atomic E-state index is 11.9. The van der Waals surface area contributed by atoms with Crippen LogP contribution in [0.3, 0.4) is 0 Å². The molecular formula is C26H42O2. The van der Waals surface area contributed by atoms with Gasteiger partial charge in [-0.3, -0.25) is 4.79 Å². The molecule has 1 aromatic carbocycles. The number of hydrogen-bond donors (Lipinski definition) is 0. The average Bonchev–Trinajstić information content (AvgIpc) is 2.71. The SMILES string of the molecule is C=Cc1ccc(OC(=O)CCCCCCCCCCCCCCCCC)cc1. The highest BCUT2D eigenvalue weighted by Crippen LogP contribution is 2.16. The monoisotopic (exact) mass is 386 g/mol. The highest BCUT2D eigenvalue weighted by molar-refractivity contribution is 5.72. The number of carbonyl (C=O) groups is 1. The fraction of sp³-hybridized carbons (Fsp3) is 0.654. The third kappa shape index (κ3) is 13.6. The van der Waals surface area contributed by atoms with Crippen molar-refractivity contribution in [2.24, 2.45) is 0 Å². The smallest absolute Gasteiger partial charge is 0.311 e. The molecule has 0 spiro atoms. The van der Waals surface area contributed by atoms with Crippen molar-refractivity contribution in [3.8, 4) is 5.75 Å². The molecule has 1 rings (SSSR count). The van der Waals surface area contributed by atoms with Crippen LogP contribution in [0, 0.1) is 0 Å². The summed E-state index contributed by atoms with van der Waals surface area (Å²) in [6, 6.07) is 7.45. The molecule has 0 saturated heterocycles. The summed E-state index contributed by atoms with van der Waals surface area (Å²) in [7, 11) is 0. The van der Waals surface area contributed by atoms with Gasteiger partial charge in [-0.15, -0.1) is 0 Å². The van der Waals surface area contributed by atoms with E-state index in [2.05, 4.69) is 13.5 Å². The van der Waals surface area contributed by atoms with Crippen molar-refractivity contribution >= 4 is 12.0 Å². The summed E-state index contributed by atoms with van der Waals surface area (Å²) >= 11 is 0. The predicted molar refractivity (Wildman–Crippen MR) is 122 cm³/mol. The molecule has 28 heavy (non-hydrogen) atoms. The molecule has 0 aromatic heterocycles. The van der Waals surface area contributed by atoms with Crippen molar-refractivity contribution in [1.82, 2.24) is 0 Å². The minimum atomic E-state index is -0.124. The van der Waals surface area contributed by atoms with E-state index in [1.54, 1.807) is 6.08 Å². The van der Waals surface area contributed by atoms with Gasteiger partial charge in [-0.1, -0.05) is 122 Å². The van der Waals surface area contributed by atoms with Crippen LogP contribution in [0.4, 0.5) is 0 Å². The fourth-order valence-corrected chi connectivity index (χ4v) is 3.50. The quantitative estimate of drug-likeness (QED) is 0.144. The molecule has 1 aromatic rings. The van der Waals surface area contributed by atoms with E-state index in [-0.39, 0.29) is 5.97 Å². The molecule has 0 aliphatic carbocycles. The Kier molecular flexibility index (Phi) is 15.3. The van der Waals surface area contributed by atoms with E-state index in [4.69, 9.17) is 4.74 Å². The minimum absolute atomic E-state index is 0.124. The van der Waals surface area contributed by atoms with Gasteiger partial charge in [0.1, 0.15) is 5.75 Å². The van der Waals surface area contributed by atoms with Crippen LogP contribution in [0.2, 0.25) is 0 Å². The number of hydrogen-bond acceptors (Lipinski definition) is 2. The third-order valence-corrected chi connectivity index (χ3v) is 5.33. The Hall–Kier alpha value is -1.57. The lowest BCUT2D eigenvalue weighted by Crippen LogP contribution is -2.07. The van der Waals surface area contributed by atoms with E-state index in [1.807, 2.05) is 24.3 Å². The second kappa shape index (κ2) is 17.5. The summed E-state index contributed by atoms with van der Waals surface area (Å²) in [6.45, 7) is 5.99. The van der Waals surface area contributed by atoms with Gasteiger partial charge < -0.3 is 4.74 Å². The van der Waals surface area contributed by atoms with E-state index in [9.17, 15) is 4.79 Å². The van der Waals surface area contributed by atoms with Crippen LogP contribution in [0.1, 0.15) is 115 Å². The van der Waals surface area contributed by atoms with Crippen LogP contribution in [0.25, 0.3) is 6.08 Å². The molecule has 158 valence electrons. The van der Waals surface area contributed by atoms with Gasteiger partial charge in [0.2, 0.25) is 0 Å². The topological polar surface area (TPSA) is 26.3 Å². The largest absolute Gasteiger partial charge is 0.427 e. The van der Waals surface area contributed by atoms with Crippen LogP contribution in [0.5, 0.6) is 5.75 Å². The first kappa shape index (κ1) is 24.5. The van der Waals surface area contributed by atoms with Gasteiger partial charge in [-0.2, -0.15) is 0 Å². The molecule has 0 aliphatic heterocycles. The number of carbonyl (C=O) groups excluding carboxylic acids is 1. The van der Waals surface area contributed by atoms with Crippen LogP contribution in [-0.2, 0) is 4.79 Å². The Morgan fingerprint density at radius 2 is 1.18 bits per heavy atom. The molecule has 0 fully saturated rings. The van der Waals surface area contributed by atoms with Gasteiger partial charge in [0.25, 0.3) is 0 Å². The lowest BCUT2D eigenvalue weighted by Gasteiger charge is -2.05. The van der Waals surface area contributed by atoms with Gasteiger partial charge in [0, 0.05) is 6.42 Å². The lowest BCUT2D eigenvalue weighted by molar-refractivity contribution is -0.134. The lowest BCUT2D eigenvalue weighted by atomic mass is 10.0. The maximum absolute atomic E-state index is 11.9. The maximum Gasteiger partial charge on any atom is 0.311 e. The third-order valence-electron chi connectivity index (χ3n) is 5.33. The van der Waals surface area contributed by atoms with E-state index in [0.717, 1.165) is 18.4 Å². The molecule has 0 atom stereocenters. The van der Waals surface area contributed by atoms with Crippen molar-refractivity contribution in [3.05, 3.63) is 36.4 Å². The second-order valence-electron chi connectivity index (χ2n) is 7.95. The van der Waals surface area contributed by atoms with Gasteiger partial charge in [-0.25, -0.2) is 0 Å². The zero-order valence-corrected chi connectivity index (χ0v) is 18.2. The molecule has 2 heteroatoms. The first-order valence-corrected chi connectivity index (χ1v) is 11.7. The van der Waals surface area contributed by atoms with E-state index >= 15 is 0 Å². The number of esters is 1. The normalized spacial score (nSPS) is 10.8. The van der Waals surface area contributed by atoms with Gasteiger partial charge in [0.05, 0.1) is 0 Å². The van der Waals surface area contributed by atoms with Crippen molar-refractivity contribution in [1.29, 1.82) is 0 Å². The zero-order chi connectivity index (χ0) is 20.3. The Morgan fingerprint density at radius 3 is 1.61 bits per heavy atom. The minimum Gasteiger partial charge on any atom is -0.427 e.